The van der Waals surface area contributed by atoms with E-state index in [4.69, 9.17) is 21.1 Å². The first kappa shape index (κ1) is 30.9. The molecule has 224 valence electrons. The van der Waals surface area contributed by atoms with Crippen molar-refractivity contribution in [2.24, 2.45) is 0 Å². The Balaban J connectivity index is 1.49. The first-order valence-electron chi connectivity index (χ1n) is 13.8. The predicted molar refractivity (Wildman–Crippen MR) is 167 cm³/mol. The van der Waals surface area contributed by atoms with Gasteiger partial charge in [0.2, 0.25) is 0 Å². The van der Waals surface area contributed by atoms with E-state index in [1.807, 2.05) is 31.2 Å². The van der Waals surface area contributed by atoms with Crippen molar-refractivity contribution in [3.8, 4) is 15.6 Å². The fraction of sp³-hybridized carbons (Fsp3) is 0.387. The Kier molecular flexibility index (Phi) is 10.2. The average molecular weight is 713 g/mol. The Morgan fingerprint density at radius 2 is 1.67 bits per heavy atom. The van der Waals surface area contributed by atoms with Crippen molar-refractivity contribution < 1.29 is 22.6 Å². The van der Waals surface area contributed by atoms with Gasteiger partial charge in [-0.3, -0.25) is 0 Å². The number of nitriles is 1. The SMILES string of the molecule is CCI(C#N)C1N(CCN2CCOCC2)CC(c2cccc(C(F)(F)F)c2)N1c1ccc(Oc2ccc(Cl)cc2)cc1. The van der Waals surface area contributed by atoms with Crippen molar-refractivity contribution in [2.75, 3.05) is 55.3 Å². The zero-order valence-electron chi connectivity index (χ0n) is 23.2. The summed E-state index contributed by atoms with van der Waals surface area (Å²) in [6.45, 7) is 7.21. The van der Waals surface area contributed by atoms with E-state index >= 15 is 0 Å². The topological polar surface area (TPSA) is 52.0 Å². The zero-order valence-corrected chi connectivity index (χ0v) is 26.1. The molecule has 11 heteroatoms. The second-order valence-corrected chi connectivity index (χ2v) is 15.9. The molecular formula is C31H33ClF3IN4O2. The molecule has 0 spiro atoms. The molecule has 2 saturated heterocycles. The number of hydrogen-bond acceptors (Lipinski definition) is 6. The fourth-order valence-electron chi connectivity index (χ4n) is 5.37. The number of halogens is 5. The number of morpholine rings is 1. The quantitative estimate of drug-likeness (QED) is 0.129. The standard InChI is InChI=1S/C31H33ClF3IN4O2/c1-2-36(22-37)30-39(15-14-38-16-18-41-19-17-38)21-29(23-4-3-5-24(20-23)31(33,34)35)40(30)26-8-12-28(13-9-26)42-27-10-6-25(32)7-11-27/h3-13,20,29-30H,2,14-19,21H2,1H3. The molecule has 6 nitrogen and oxygen atoms in total. The number of nitrogens with zero attached hydrogens (tertiary/aromatic N) is 4. The summed E-state index contributed by atoms with van der Waals surface area (Å²) in [4.78, 5) is 6.87. The van der Waals surface area contributed by atoms with Crippen LogP contribution in [0.1, 0.15) is 24.1 Å². The Hall–Kier alpha value is -2.56. The van der Waals surface area contributed by atoms with E-state index in [0.717, 1.165) is 42.4 Å². The van der Waals surface area contributed by atoms with Crippen LogP contribution in [0.25, 0.3) is 0 Å². The Morgan fingerprint density at radius 3 is 2.29 bits per heavy atom. The molecule has 0 N–H and O–H groups in total. The molecule has 2 atom stereocenters. The number of alkyl halides is 5. The van der Waals surface area contributed by atoms with Gasteiger partial charge < -0.3 is 0 Å². The van der Waals surface area contributed by atoms with Crippen LogP contribution in [0.3, 0.4) is 0 Å². The maximum atomic E-state index is 13.7. The summed E-state index contributed by atoms with van der Waals surface area (Å²) in [5, 5.41) is 10.9. The van der Waals surface area contributed by atoms with Crippen molar-refractivity contribution in [3.63, 3.8) is 0 Å². The van der Waals surface area contributed by atoms with Crippen LogP contribution in [0.4, 0.5) is 18.9 Å². The Bertz CT molecular complexity index is 1360. The summed E-state index contributed by atoms with van der Waals surface area (Å²) in [6, 6.07) is 19.9. The predicted octanol–water partition coefficient (Wildman–Crippen LogP) is 7.64. The van der Waals surface area contributed by atoms with E-state index in [1.54, 1.807) is 30.3 Å². The molecule has 0 aliphatic carbocycles. The van der Waals surface area contributed by atoms with Gasteiger partial charge >= 0.3 is 258 Å². The molecule has 2 fully saturated rings. The summed E-state index contributed by atoms with van der Waals surface area (Å²) in [6.07, 6.45) is -4.44. The molecule has 0 bridgehead atoms. The molecule has 0 radical (unpaired) electrons. The van der Waals surface area contributed by atoms with Gasteiger partial charge in [-0.25, -0.2) is 0 Å². The van der Waals surface area contributed by atoms with Gasteiger partial charge in [0.25, 0.3) is 0 Å². The first-order chi connectivity index (χ1) is 20.3. The van der Waals surface area contributed by atoms with Gasteiger partial charge in [0, 0.05) is 0 Å². The summed E-state index contributed by atoms with van der Waals surface area (Å²) < 4.78 is 56.0. The van der Waals surface area contributed by atoms with E-state index in [9.17, 15) is 18.4 Å². The molecule has 2 heterocycles. The molecular weight excluding hydrogens is 680 g/mol. The Labute approximate surface area is 256 Å². The van der Waals surface area contributed by atoms with Crippen LogP contribution < -0.4 is 9.64 Å². The third kappa shape index (κ3) is 7.32. The van der Waals surface area contributed by atoms with Crippen LogP contribution in [-0.2, 0) is 10.9 Å². The van der Waals surface area contributed by atoms with E-state index in [2.05, 4.69) is 18.8 Å². The van der Waals surface area contributed by atoms with Crippen molar-refractivity contribution in [3.05, 3.63) is 88.9 Å². The van der Waals surface area contributed by atoms with Crippen LogP contribution in [0.2, 0.25) is 5.02 Å². The van der Waals surface area contributed by atoms with Crippen LogP contribution >= 0.6 is 31.4 Å². The molecule has 0 aromatic heterocycles. The minimum atomic E-state index is -4.44. The molecule has 0 amide bonds. The minimum absolute atomic E-state index is 0.159. The van der Waals surface area contributed by atoms with Gasteiger partial charge in [0.15, 0.2) is 0 Å². The number of hydrogen-bond donors (Lipinski definition) is 0. The molecule has 3 aromatic rings. The van der Waals surface area contributed by atoms with Gasteiger partial charge in [0.05, 0.1) is 0 Å². The van der Waals surface area contributed by atoms with Crippen LogP contribution in [0.5, 0.6) is 11.5 Å². The molecule has 2 aliphatic rings. The van der Waals surface area contributed by atoms with Crippen molar-refractivity contribution in [2.45, 2.75) is 23.3 Å². The molecule has 5 rings (SSSR count). The molecule has 2 unspecified atom stereocenters. The second kappa shape index (κ2) is 13.8. The van der Waals surface area contributed by atoms with Gasteiger partial charge in [-0.1, -0.05) is 0 Å². The van der Waals surface area contributed by atoms with Crippen LogP contribution in [-0.4, -0.2) is 64.3 Å². The van der Waals surface area contributed by atoms with E-state index in [1.165, 1.54) is 12.1 Å². The van der Waals surface area contributed by atoms with E-state index in [-0.39, 0.29) is 10.2 Å². The van der Waals surface area contributed by atoms with E-state index in [0.29, 0.717) is 41.8 Å². The third-order valence-electron chi connectivity index (χ3n) is 7.50. The van der Waals surface area contributed by atoms with Gasteiger partial charge in [-0.05, 0) is 0 Å². The number of rotatable bonds is 9. The van der Waals surface area contributed by atoms with Crippen molar-refractivity contribution >= 4 is 37.1 Å². The van der Waals surface area contributed by atoms with Gasteiger partial charge in [-0.15, -0.1) is 0 Å². The summed E-state index contributed by atoms with van der Waals surface area (Å²) >= 11 is 3.74. The van der Waals surface area contributed by atoms with Crippen LogP contribution in [0, 0.1) is 9.34 Å². The Morgan fingerprint density at radius 1 is 1.00 bits per heavy atom. The normalized spacial score (nSPS) is 20.4. The summed E-state index contributed by atoms with van der Waals surface area (Å²) in [5.41, 5.74) is 0.780. The number of ether oxygens (including phenoxy) is 2. The van der Waals surface area contributed by atoms with Crippen LogP contribution in [0.15, 0.2) is 72.8 Å². The van der Waals surface area contributed by atoms with Crippen molar-refractivity contribution in [1.29, 1.82) is 5.26 Å². The first-order valence-corrected chi connectivity index (χ1v) is 18.1. The summed E-state index contributed by atoms with van der Waals surface area (Å²) in [5.74, 6) is 1.27. The summed E-state index contributed by atoms with van der Waals surface area (Å²) in [7, 11) is 0. The fourth-order valence-corrected chi connectivity index (χ4v) is 9.76. The second-order valence-electron chi connectivity index (χ2n) is 10.1. The third-order valence-corrected chi connectivity index (χ3v) is 12.7. The van der Waals surface area contributed by atoms with Crippen molar-refractivity contribution in [1.82, 2.24) is 9.80 Å². The van der Waals surface area contributed by atoms with E-state index < -0.39 is 31.6 Å². The zero-order chi connectivity index (χ0) is 29.7. The van der Waals surface area contributed by atoms with Gasteiger partial charge in [0.1, 0.15) is 0 Å². The monoisotopic (exact) mass is 712 g/mol. The molecule has 0 saturated carbocycles. The molecule has 42 heavy (non-hydrogen) atoms. The average Bonchev–Trinajstić information content (AvgIpc) is 3.38. The number of anilines is 1. The maximum absolute atomic E-state index is 13.7. The molecule has 3 aromatic carbocycles. The molecule has 2 aliphatic heterocycles. The number of benzene rings is 3. The van der Waals surface area contributed by atoms with Gasteiger partial charge in [-0.2, -0.15) is 0 Å².